The van der Waals surface area contributed by atoms with Crippen LogP contribution in [0.1, 0.15) is 44.9 Å². The lowest BCUT2D eigenvalue weighted by Gasteiger charge is -2.03. The maximum Gasteiger partial charge on any atom is 0.284 e. The summed E-state index contributed by atoms with van der Waals surface area (Å²) in [7, 11) is 0. The number of halogens is 2. The maximum atomic E-state index is 12.3. The van der Waals surface area contributed by atoms with Gasteiger partial charge in [0.15, 0.2) is 11.5 Å². The van der Waals surface area contributed by atoms with Crippen LogP contribution < -0.4 is 5.73 Å². The SMILES string of the molecule is NC(=O)c1oc2ccc(Cl)cc2c1CCCC(=O)c1ccc(CCl)cc1. The molecule has 0 fully saturated rings. The molecule has 26 heavy (non-hydrogen) atoms. The smallest absolute Gasteiger partial charge is 0.284 e. The van der Waals surface area contributed by atoms with Crippen molar-refractivity contribution in [3.05, 3.63) is 69.9 Å². The van der Waals surface area contributed by atoms with Crippen LogP contribution in [-0.4, -0.2) is 11.7 Å². The van der Waals surface area contributed by atoms with Crippen LogP contribution in [0.3, 0.4) is 0 Å². The number of ketones is 1. The van der Waals surface area contributed by atoms with Crippen LogP contribution in [0.25, 0.3) is 11.0 Å². The number of fused-ring (bicyclic) bond motifs is 1. The van der Waals surface area contributed by atoms with Crippen molar-refractivity contribution >= 4 is 45.9 Å². The Labute approximate surface area is 160 Å². The van der Waals surface area contributed by atoms with Gasteiger partial charge < -0.3 is 10.2 Å². The summed E-state index contributed by atoms with van der Waals surface area (Å²) in [4.78, 5) is 24.0. The van der Waals surface area contributed by atoms with Gasteiger partial charge in [-0.05, 0) is 36.6 Å². The Kier molecular flexibility index (Phi) is 5.64. The number of benzene rings is 2. The Hall–Kier alpha value is -2.30. The fourth-order valence-electron chi connectivity index (χ4n) is 2.92. The second kappa shape index (κ2) is 7.94. The molecule has 0 saturated carbocycles. The van der Waals surface area contributed by atoms with E-state index in [2.05, 4.69) is 0 Å². The number of primary amides is 1. The third kappa shape index (κ3) is 3.92. The minimum absolute atomic E-state index is 0.0394. The molecule has 0 bridgehead atoms. The van der Waals surface area contributed by atoms with Crippen molar-refractivity contribution in [2.75, 3.05) is 0 Å². The third-order valence-electron chi connectivity index (χ3n) is 4.24. The number of rotatable bonds is 7. The van der Waals surface area contributed by atoms with Gasteiger partial charge in [0.1, 0.15) is 5.58 Å². The zero-order valence-electron chi connectivity index (χ0n) is 13.9. The Morgan fingerprint density at radius 3 is 2.46 bits per heavy atom. The molecule has 1 heterocycles. The Morgan fingerprint density at radius 1 is 1.08 bits per heavy atom. The zero-order valence-corrected chi connectivity index (χ0v) is 15.4. The third-order valence-corrected chi connectivity index (χ3v) is 4.78. The fourth-order valence-corrected chi connectivity index (χ4v) is 3.27. The number of hydrogen-bond acceptors (Lipinski definition) is 3. The van der Waals surface area contributed by atoms with E-state index in [1.807, 2.05) is 12.1 Å². The lowest BCUT2D eigenvalue weighted by atomic mass is 10.00. The second-order valence-corrected chi connectivity index (χ2v) is 6.73. The lowest BCUT2D eigenvalue weighted by molar-refractivity contribution is 0.0972. The molecule has 1 aromatic heterocycles. The predicted octanol–water partition coefficient (Wildman–Crippen LogP) is 5.13. The number of Topliss-reactive ketones (excluding diaryl/α,β-unsaturated/α-hetero) is 1. The van der Waals surface area contributed by atoms with E-state index in [1.165, 1.54) is 0 Å². The van der Waals surface area contributed by atoms with E-state index in [0.717, 1.165) is 10.9 Å². The lowest BCUT2D eigenvalue weighted by Crippen LogP contribution is -2.12. The number of carbonyl (C=O) groups excluding carboxylic acids is 2. The van der Waals surface area contributed by atoms with E-state index in [-0.39, 0.29) is 11.5 Å². The molecule has 0 atom stereocenters. The number of nitrogens with two attached hydrogens (primary N) is 1. The highest BCUT2D eigenvalue weighted by molar-refractivity contribution is 6.31. The number of hydrogen-bond donors (Lipinski definition) is 1. The van der Waals surface area contributed by atoms with E-state index in [9.17, 15) is 9.59 Å². The summed E-state index contributed by atoms with van der Waals surface area (Å²) in [6.07, 6.45) is 1.42. The highest BCUT2D eigenvalue weighted by Crippen LogP contribution is 2.29. The monoisotopic (exact) mass is 389 g/mol. The van der Waals surface area contributed by atoms with Crippen LogP contribution in [0.4, 0.5) is 0 Å². The molecule has 0 saturated heterocycles. The zero-order chi connectivity index (χ0) is 18.7. The fraction of sp³-hybridized carbons (Fsp3) is 0.200. The molecular formula is C20H17Cl2NO3. The standard InChI is InChI=1S/C20H17Cl2NO3/c21-11-12-4-6-13(7-5-12)17(24)3-1-2-15-16-10-14(22)8-9-18(16)26-19(15)20(23)25/h4-10H,1-3,11H2,(H2,23,25). The van der Waals surface area contributed by atoms with E-state index in [1.54, 1.807) is 30.3 Å². The molecule has 6 heteroatoms. The average Bonchev–Trinajstić information content (AvgIpc) is 3.00. The van der Waals surface area contributed by atoms with Crippen molar-refractivity contribution in [3.8, 4) is 0 Å². The molecule has 134 valence electrons. The highest BCUT2D eigenvalue weighted by atomic mass is 35.5. The van der Waals surface area contributed by atoms with Crippen LogP contribution in [0.5, 0.6) is 0 Å². The predicted molar refractivity (Wildman–Crippen MR) is 103 cm³/mol. The van der Waals surface area contributed by atoms with Crippen molar-refractivity contribution < 1.29 is 14.0 Å². The van der Waals surface area contributed by atoms with Crippen molar-refractivity contribution in [1.29, 1.82) is 0 Å². The average molecular weight is 390 g/mol. The van der Waals surface area contributed by atoms with Gasteiger partial charge in [-0.1, -0.05) is 35.9 Å². The topological polar surface area (TPSA) is 73.3 Å². The summed E-state index contributed by atoms with van der Waals surface area (Å²) in [5.41, 5.74) is 8.29. The summed E-state index contributed by atoms with van der Waals surface area (Å²) in [6.45, 7) is 0. The van der Waals surface area contributed by atoms with Crippen molar-refractivity contribution in [3.63, 3.8) is 0 Å². The van der Waals surface area contributed by atoms with Gasteiger partial charge in [0.05, 0.1) is 0 Å². The summed E-state index contributed by atoms with van der Waals surface area (Å²) in [6, 6.07) is 12.4. The minimum Gasteiger partial charge on any atom is -0.451 e. The number of amides is 1. The minimum atomic E-state index is -0.629. The molecule has 0 aliphatic heterocycles. The molecule has 0 radical (unpaired) electrons. The number of alkyl halides is 1. The van der Waals surface area contributed by atoms with Crippen molar-refractivity contribution in [2.45, 2.75) is 25.1 Å². The second-order valence-electron chi connectivity index (χ2n) is 6.02. The quantitative estimate of drug-likeness (QED) is 0.449. The number of furan rings is 1. The molecule has 2 N–H and O–H groups in total. The van der Waals surface area contributed by atoms with E-state index in [4.69, 9.17) is 33.4 Å². The summed E-state index contributed by atoms with van der Waals surface area (Å²) in [5.74, 6) is -0.0467. The van der Waals surface area contributed by atoms with Gasteiger partial charge in [-0.25, -0.2) is 0 Å². The molecule has 2 aromatic carbocycles. The van der Waals surface area contributed by atoms with Crippen LogP contribution in [-0.2, 0) is 12.3 Å². The van der Waals surface area contributed by atoms with Gasteiger partial charge in [-0.15, -0.1) is 11.6 Å². The molecule has 0 aliphatic carbocycles. The molecule has 0 spiro atoms. The maximum absolute atomic E-state index is 12.3. The molecule has 0 unspecified atom stereocenters. The number of aryl methyl sites for hydroxylation is 1. The van der Waals surface area contributed by atoms with Crippen LogP contribution in [0.15, 0.2) is 46.9 Å². The largest absolute Gasteiger partial charge is 0.451 e. The normalized spacial score (nSPS) is 11.0. The Morgan fingerprint density at radius 2 is 1.81 bits per heavy atom. The van der Waals surface area contributed by atoms with Crippen molar-refractivity contribution in [1.82, 2.24) is 0 Å². The first-order valence-corrected chi connectivity index (χ1v) is 9.09. The summed E-state index contributed by atoms with van der Waals surface area (Å²) < 4.78 is 5.55. The number of carbonyl (C=O) groups is 2. The first kappa shape index (κ1) is 18.5. The molecule has 1 amide bonds. The molecule has 3 aromatic rings. The van der Waals surface area contributed by atoms with E-state index in [0.29, 0.717) is 46.9 Å². The first-order valence-electron chi connectivity index (χ1n) is 8.18. The van der Waals surface area contributed by atoms with Gasteiger partial charge in [0.2, 0.25) is 0 Å². The molecule has 0 aliphatic rings. The van der Waals surface area contributed by atoms with E-state index >= 15 is 0 Å². The van der Waals surface area contributed by atoms with Crippen molar-refractivity contribution in [2.24, 2.45) is 5.73 Å². The molecule has 4 nitrogen and oxygen atoms in total. The van der Waals surface area contributed by atoms with Crippen LogP contribution >= 0.6 is 23.2 Å². The Bertz CT molecular complexity index is 961. The van der Waals surface area contributed by atoms with Gasteiger partial charge in [-0.2, -0.15) is 0 Å². The summed E-state index contributed by atoms with van der Waals surface area (Å²) in [5, 5.41) is 1.30. The van der Waals surface area contributed by atoms with Gasteiger partial charge >= 0.3 is 0 Å². The Balaban J connectivity index is 1.74. The molecular weight excluding hydrogens is 373 g/mol. The van der Waals surface area contributed by atoms with Crippen LogP contribution in [0.2, 0.25) is 5.02 Å². The first-order chi connectivity index (χ1) is 12.5. The highest BCUT2D eigenvalue weighted by Gasteiger charge is 2.19. The van der Waals surface area contributed by atoms with E-state index < -0.39 is 5.91 Å². The van der Waals surface area contributed by atoms with Gasteiger partial charge in [0, 0.05) is 33.8 Å². The molecule has 3 rings (SSSR count). The van der Waals surface area contributed by atoms with Gasteiger partial charge in [-0.3, -0.25) is 9.59 Å². The van der Waals surface area contributed by atoms with Crippen LogP contribution in [0, 0.1) is 0 Å². The van der Waals surface area contributed by atoms with Gasteiger partial charge in [0.25, 0.3) is 5.91 Å². The summed E-state index contributed by atoms with van der Waals surface area (Å²) >= 11 is 11.8.